The van der Waals surface area contributed by atoms with E-state index in [1.54, 1.807) is 23.1 Å². The number of aliphatic imine (C=N–C) groups is 1. The molecule has 0 spiro atoms. The highest BCUT2D eigenvalue weighted by atomic mass is 35.5. The van der Waals surface area contributed by atoms with E-state index in [1.807, 2.05) is 30.9 Å². The number of pyridine rings is 1. The number of aromatic nitrogens is 1. The van der Waals surface area contributed by atoms with Gasteiger partial charge in [0.25, 0.3) is 5.91 Å². The number of alkyl halides is 3. The summed E-state index contributed by atoms with van der Waals surface area (Å²) in [6, 6.07) is 11.9. The van der Waals surface area contributed by atoms with Crippen LogP contribution in [0, 0.1) is 6.92 Å². The third-order valence-electron chi connectivity index (χ3n) is 6.29. The molecule has 10 heteroatoms. The summed E-state index contributed by atoms with van der Waals surface area (Å²) in [7, 11) is 0. The highest BCUT2D eigenvalue weighted by molar-refractivity contribution is 6.32. The van der Waals surface area contributed by atoms with E-state index in [9.17, 15) is 18.0 Å². The molecule has 0 N–H and O–H groups in total. The Morgan fingerprint density at radius 2 is 1.89 bits per heavy atom. The first-order valence-corrected chi connectivity index (χ1v) is 11.7. The maximum Gasteiger partial charge on any atom is 0.416 e. The van der Waals surface area contributed by atoms with Gasteiger partial charge in [0.1, 0.15) is 22.4 Å². The van der Waals surface area contributed by atoms with Gasteiger partial charge in [0.05, 0.1) is 16.7 Å². The van der Waals surface area contributed by atoms with Crippen LogP contribution in [0.2, 0.25) is 5.15 Å². The summed E-state index contributed by atoms with van der Waals surface area (Å²) in [5.74, 6) is 1.04. The van der Waals surface area contributed by atoms with Crippen LogP contribution < -0.4 is 4.74 Å². The van der Waals surface area contributed by atoms with Crippen LogP contribution in [0.3, 0.4) is 0 Å². The van der Waals surface area contributed by atoms with E-state index in [-0.39, 0.29) is 28.5 Å². The normalized spacial score (nSPS) is 17.5. The molecule has 0 bridgehead atoms. The first kappa shape index (κ1) is 24.1. The third kappa shape index (κ3) is 4.51. The number of carbonyl (C=O) groups excluding carboxylic acids is 1. The second kappa shape index (κ2) is 9.13. The van der Waals surface area contributed by atoms with E-state index < -0.39 is 11.7 Å². The van der Waals surface area contributed by atoms with Crippen molar-refractivity contribution in [3.8, 4) is 11.5 Å². The number of halogens is 4. The third-order valence-corrected chi connectivity index (χ3v) is 6.59. The van der Waals surface area contributed by atoms with Crippen molar-refractivity contribution in [2.75, 3.05) is 19.6 Å². The van der Waals surface area contributed by atoms with E-state index >= 15 is 0 Å². The van der Waals surface area contributed by atoms with Gasteiger partial charge in [-0.2, -0.15) is 13.2 Å². The number of fused-ring (bicyclic) bond motifs is 2. The first-order chi connectivity index (χ1) is 17.1. The summed E-state index contributed by atoms with van der Waals surface area (Å²) in [6.45, 7) is 5.06. The molecule has 2 aliphatic heterocycles. The minimum absolute atomic E-state index is 0.0991. The van der Waals surface area contributed by atoms with Gasteiger partial charge in [-0.05, 0) is 56.3 Å². The summed E-state index contributed by atoms with van der Waals surface area (Å²) < 4.78 is 46.3. The molecule has 1 aromatic heterocycles. The van der Waals surface area contributed by atoms with Crippen LogP contribution in [-0.4, -0.2) is 52.2 Å². The number of hydrogen-bond acceptors (Lipinski definition) is 5. The van der Waals surface area contributed by atoms with Gasteiger partial charge in [-0.1, -0.05) is 23.2 Å². The molecule has 1 fully saturated rings. The van der Waals surface area contributed by atoms with Crippen molar-refractivity contribution in [1.29, 1.82) is 0 Å². The summed E-state index contributed by atoms with van der Waals surface area (Å²) in [5, 5.41) is 0.142. The van der Waals surface area contributed by atoms with Crippen LogP contribution in [0.15, 0.2) is 59.7 Å². The first-order valence-electron chi connectivity index (χ1n) is 11.4. The molecular formula is C26H22ClF3N4O2. The molecule has 3 heterocycles. The van der Waals surface area contributed by atoms with Crippen molar-refractivity contribution in [3.63, 3.8) is 0 Å². The lowest BCUT2D eigenvalue weighted by Crippen LogP contribution is -2.55. The lowest BCUT2D eigenvalue weighted by atomic mass is 10.1. The lowest BCUT2D eigenvalue weighted by molar-refractivity contribution is -0.137. The van der Waals surface area contributed by atoms with Gasteiger partial charge in [-0.15, -0.1) is 0 Å². The largest absolute Gasteiger partial charge is 0.454 e. The smallest absolute Gasteiger partial charge is 0.416 e. The van der Waals surface area contributed by atoms with Crippen LogP contribution in [0.4, 0.5) is 18.9 Å². The highest BCUT2D eigenvalue weighted by Crippen LogP contribution is 2.42. The SMILES string of the molecule is Cc1ccc2c(c1)C(N1CCN(C(=O)c3cccnc3Cl)[C@H](C)C1)=Nc1cc(C(F)(F)F)ccc1O2. The Balaban J connectivity index is 1.51. The van der Waals surface area contributed by atoms with Crippen LogP contribution in [0.5, 0.6) is 11.5 Å². The van der Waals surface area contributed by atoms with E-state index in [0.29, 0.717) is 42.3 Å². The Kier molecular flexibility index (Phi) is 6.12. The van der Waals surface area contributed by atoms with Crippen LogP contribution >= 0.6 is 11.6 Å². The summed E-state index contributed by atoms with van der Waals surface area (Å²) in [4.78, 5) is 25.5. The van der Waals surface area contributed by atoms with Crippen molar-refractivity contribution in [1.82, 2.24) is 14.8 Å². The number of benzene rings is 2. The predicted molar refractivity (Wildman–Crippen MR) is 130 cm³/mol. The number of hydrogen-bond donors (Lipinski definition) is 0. The molecule has 2 aromatic carbocycles. The zero-order chi connectivity index (χ0) is 25.6. The fraction of sp³-hybridized carbons (Fsp3) is 0.269. The Morgan fingerprint density at radius 3 is 2.61 bits per heavy atom. The molecule has 0 aliphatic carbocycles. The Hall–Kier alpha value is -3.59. The minimum Gasteiger partial charge on any atom is -0.454 e. The zero-order valence-corrected chi connectivity index (χ0v) is 20.3. The van der Waals surface area contributed by atoms with Crippen molar-refractivity contribution in [3.05, 3.63) is 82.1 Å². The van der Waals surface area contributed by atoms with Crippen LogP contribution in [0.25, 0.3) is 0 Å². The maximum atomic E-state index is 13.4. The minimum atomic E-state index is -4.51. The molecule has 36 heavy (non-hydrogen) atoms. The zero-order valence-electron chi connectivity index (χ0n) is 19.5. The predicted octanol–water partition coefficient (Wildman–Crippen LogP) is 6.09. The average Bonchev–Trinajstić information content (AvgIpc) is 2.99. The van der Waals surface area contributed by atoms with Gasteiger partial charge in [-0.25, -0.2) is 9.98 Å². The fourth-order valence-corrected chi connectivity index (χ4v) is 4.66. The molecule has 0 saturated carbocycles. The topological polar surface area (TPSA) is 58.0 Å². The number of piperazine rings is 1. The summed E-state index contributed by atoms with van der Waals surface area (Å²) in [6.07, 6.45) is -2.98. The Labute approximate surface area is 211 Å². The number of amidine groups is 1. The molecule has 6 nitrogen and oxygen atoms in total. The Morgan fingerprint density at radius 1 is 1.11 bits per heavy atom. The molecule has 5 rings (SSSR count). The summed E-state index contributed by atoms with van der Waals surface area (Å²) >= 11 is 6.14. The number of nitrogens with zero attached hydrogens (tertiary/aromatic N) is 4. The second-order valence-electron chi connectivity index (χ2n) is 8.85. The quantitative estimate of drug-likeness (QED) is 0.369. The van der Waals surface area contributed by atoms with Gasteiger partial charge in [0.15, 0.2) is 5.75 Å². The van der Waals surface area contributed by atoms with E-state index in [0.717, 1.165) is 17.7 Å². The number of carbonyl (C=O) groups is 1. The molecule has 0 unspecified atom stereocenters. The van der Waals surface area contributed by atoms with Crippen molar-refractivity contribution in [2.24, 2.45) is 4.99 Å². The molecule has 1 saturated heterocycles. The van der Waals surface area contributed by atoms with Crippen molar-refractivity contribution < 1.29 is 22.7 Å². The van der Waals surface area contributed by atoms with Gasteiger partial charge in [-0.3, -0.25) is 4.79 Å². The fourth-order valence-electron chi connectivity index (χ4n) is 4.46. The van der Waals surface area contributed by atoms with Gasteiger partial charge >= 0.3 is 6.18 Å². The van der Waals surface area contributed by atoms with E-state index in [1.165, 1.54) is 12.3 Å². The average molecular weight is 515 g/mol. The number of ether oxygens (including phenoxy) is 1. The monoisotopic (exact) mass is 514 g/mol. The van der Waals surface area contributed by atoms with E-state index in [2.05, 4.69) is 9.98 Å². The number of aryl methyl sites for hydroxylation is 1. The molecular weight excluding hydrogens is 493 g/mol. The lowest BCUT2D eigenvalue weighted by Gasteiger charge is -2.41. The molecule has 1 atom stereocenters. The number of rotatable bonds is 1. The van der Waals surface area contributed by atoms with Gasteiger partial charge in [0.2, 0.25) is 0 Å². The van der Waals surface area contributed by atoms with Gasteiger partial charge in [0, 0.05) is 31.9 Å². The van der Waals surface area contributed by atoms with Crippen LogP contribution in [0.1, 0.15) is 34.0 Å². The number of amides is 1. The summed E-state index contributed by atoms with van der Waals surface area (Å²) in [5.41, 5.74) is 1.27. The Bertz CT molecular complexity index is 1380. The molecule has 0 radical (unpaired) electrons. The van der Waals surface area contributed by atoms with Crippen LogP contribution in [-0.2, 0) is 6.18 Å². The van der Waals surface area contributed by atoms with Gasteiger partial charge < -0.3 is 14.5 Å². The van der Waals surface area contributed by atoms with E-state index in [4.69, 9.17) is 16.3 Å². The maximum absolute atomic E-state index is 13.4. The molecule has 186 valence electrons. The second-order valence-corrected chi connectivity index (χ2v) is 9.21. The standard InChI is InChI=1S/C26H22ClF3N4O2/c1-15-5-7-21-19(12-15)24(32-20-13-17(26(28,29)30)6-8-22(20)36-21)33-10-11-34(16(2)14-33)25(35)18-4-3-9-31-23(18)27/h3-9,12-13,16H,10-11,14H2,1-2H3/t16-/m1/s1. The van der Waals surface area contributed by atoms with Crippen molar-refractivity contribution in [2.45, 2.75) is 26.1 Å². The molecule has 1 amide bonds. The van der Waals surface area contributed by atoms with Crippen molar-refractivity contribution >= 4 is 29.0 Å². The highest BCUT2D eigenvalue weighted by Gasteiger charge is 2.34. The molecule has 3 aromatic rings. The molecule has 2 aliphatic rings.